The van der Waals surface area contributed by atoms with Gasteiger partial charge in [-0.2, -0.15) is 0 Å². The summed E-state index contributed by atoms with van der Waals surface area (Å²) in [5, 5.41) is 4.18. The molecule has 2 heterocycles. The van der Waals surface area contributed by atoms with Crippen LogP contribution >= 0.6 is 0 Å². The van der Waals surface area contributed by atoms with Crippen LogP contribution in [0.3, 0.4) is 0 Å². The molecule has 2 aromatic heterocycles. The normalized spacial score (nSPS) is 11.7. The minimum atomic E-state index is -0.0277. The standard InChI is InChI=1S/C19H25N3O2/c1-13(2)22-17(19(23)20-10-7-11-24-4)12-16-18(22)14-8-5-6-9-15(14)21(16)3/h5-6,8-9,12-13H,7,10-11H2,1-4H3,(H,20,23). The summed E-state index contributed by atoms with van der Waals surface area (Å²) >= 11 is 0. The number of nitrogens with zero attached hydrogens (tertiary/aromatic N) is 2. The number of aryl methyl sites for hydroxylation is 1. The first kappa shape index (κ1) is 16.6. The molecule has 1 N–H and O–H groups in total. The zero-order valence-corrected chi connectivity index (χ0v) is 14.8. The molecule has 0 aliphatic carbocycles. The summed E-state index contributed by atoms with van der Waals surface area (Å²) in [7, 11) is 3.72. The van der Waals surface area contributed by atoms with E-state index in [2.05, 4.69) is 47.5 Å². The lowest BCUT2D eigenvalue weighted by molar-refractivity contribution is 0.0938. The minimum Gasteiger partial charge on any atom is -0.385 e. The second-order valence-electron chi connectivity index (χ2n) is 6.41. The molecule has 0 saturated carbocycles. The average Bonchev–Trinajstić information content (AvgIpc) is 3.09. The van der Waals surface area contributed by atoms with E-state index >= 15 is 0 Å². The lowest BCUT2D eigenvalue weighted by atomic mass is 10.2. The Bertz CT molecular complexity index is 874. The molecule has 5 nitrogen and oxygen atoms in total. The molecular formula is C19H25N3O2. The van der Waals surface area contributed by atoms with Gasteiger partial charge in [0.25, 0.3) is 5.91 Å². The summed E-state index contributed by atoms with van der Waals surface area (Å²) in [4.78, 5) is 12.7. The Balaban J connectivity index is 2.07. The van der Waals surface area contributed by atoms with Crippen LogP contribution in [0.15, 0.2) is 30.3 Å². The summed E-state index contributed by atoms with van der Waals surface area (Å²) in [5.74, 6) is -0.0277. The quantitative estimate of drug-likeness (QED) is 0.705. The highest BCUT2D eigenvalue weighted by atomic mass is 16.5. The fraction of sp³-hybridized carbons (Fsp3) is 0.421. The van der Waals surface area contributed by atoms with Gasteiger partial charge in [0.15, 0.2) is 0 Å². The van der Waals surface area contributed by atoms with E-state index in [9.17, 15) is 4.79 Å². The van der Waals surface area contributed by atoms with E-state index in [1.807, 2.05) is 18.2 Å². The highest BCUT2D eigenvalue weighted by molar-refractivity contribution is 6.10. The maximum absolute atomic E-state index is 12.7. The van der Waals surface area contributed by atoms with Crippen molar-refractivity contribution in [3.05, 3.63) is 36.0 Å². The second-order valence-corrected chi connectivity index (χ2v) is 6.41. The van der Waals surface area contributed by atoms with Gasteiger partial charge < -0.3 is 19.2 Å². The lowest BCUT2D eigenvalue weighted by Gasteiger charge is -2.14. The maximum atomic E-state index is 12.7. The van der Waals surface area contributed by atoms with Crippen LogP contribution in [0.4, 0.5) is 0 Å². The summed E-state index contributed by atoms with van der Waals surface area (Å²) in [5.41, 5.74) is 4.12. The van der Waals surface area contributed by atoms with Gasteiger partial charge in [0.05, 0.1) is 16.6 Å². The number of methoxy groups -OCH3 is 1. The highest BCUT2D eigenvalue weighted by Gasteiger charge is 2.21. The van der Waals surface area contributed by atoms with Crippen molar-refractivity contribution in [1.82, 2.24) is 14.5 Å². The number of aromatic nitrogens is 2. The van der Waals surface area contributed by atoms with Crippen LogP contribution in [0.2, 0.25) is 0 Å². The van der Waals surface area contributed by atoms with E-state index in [4.69, 9.17) is 4.74 Å². The highest BCUT2D eigenvalue weighted by Crippen LogP contribution is 2.33. The Morgan fingerprint density at radius 1 is 1.25 bits per heavy atom. The number of ether oxygens (including phenoxy) is 1. The van der Waals surface area contributed by atoms with Crippen molar-refractivity contribution in [3.8, 4) is 0 Å². The number of hydrogen-bond acceptors (Lipinski definition) is 2. The predicted molar refractivity (Wildman–Crippen MR) is 97.6 cm³/mol. The number of amides is 1. The number of para-hydroxylation sites is 1. The third-order valence-electron chi connectivity index (χ3n) is 4.46. The molecule has 3 rings (SSSR count). The summed E-state index contributed by atoms with van der Waals surface area (Å²) < 4.78 is 9.33. The molecule has 0 radical (unpaired) electrons. The molecule has 128 valence electrons. The van der Waals surface area contributed by atoms with Crippen LogP contribution < -0.4 is 5.32 Å². The maximum Gasteiger partial charge on any atom is 0.268 e. The van der Waals surface area contributed by atoms with Crippen molar-refractivity contribution in [2.45, 2.75) is 26.3 Å². The van der Waals surface area contributed by atoms with Gasteiger partial charge in [0, 0.05) is 38.7 Å². The van der Waals surface area contributed by atoms with E-state index in [0.29, 0.717) is 18.8 Å². The number of benzene rings is 1. The van der Waals surface area contributed by atoms with Crippen molar-refractivity contribution in [1.29, 1.82) is 0 Å². The van der Waals surface area contributed by atoms with Gasteiger partial charge in [-0.05, 0) is 32.4 Å². The van der Waals surface area contributed by atoms with Gasteiger partial charge in [0.1, 0.15) is 5.69 Å². The van der Waals surface area contributed by atoms with Crippen LogP contribution in [0.1, 0.15) is 36.8 Å². The molecule has 0 atom stereocenters. The minimum absolute atomic E-state index is 0.0277. The first-order chi connectivity index (χ1) is 11.6. The van der Waals surface area contributed by atoms with E-state index in [0.717, 1.165) is 17.5 Å². The van der Waals surface area contributed by atoms with Gasteiger partial charge in [-0.3, -0.25) is 4.79 Å². The SMILES string of the molecule is COCCCNC(=O)c1cc2c(c3ccccc3n2C)n1C(C)C. The Morgan fingerprint density at radius 2 is 2.00 bits per heavy atom. The fourth-order valence-electron chi connectivity index (χ4n) is 3.35. The third-order valence-corrected chi connectivity index (χ3v) is 4.46. The molecule has 1 amide bonds. The van der Waals surface area contributed by atoms with Gasteiger partial charge in [-0.1, -0.05) is 18.2 Å². The molecule has 5 heteroatoms. The number of fused-ring (bicyclic) bond motifs is 3. The number of carbonyl (C=O) groups excluding carboxylic acids is 1. The molecule has 0 unspecified atom stereocenters. The third kappa shape index (κ3) is 2.69. The average molecular weight is 327 g/mol. The smallest absolute Gasteiger partial charge is 0.268 e. The topological polar surface area (TPSA) is 48.2 Å². The fourth-order valence-corrected chi connectivity index (χ4v) is 3.35. The largest absolute Gasteiger partial charge is 0.385 e. The number of hydrogen-bond donors (Lipinski definition) is 1. The van der Waals surface area contributed by atoms with Crippen molar-refractivity contribution < 1.29 is 9.53 Å². The van der Waals surface area contributed by atoms with Crippen molar-refractivity contribution in [2.24, 2.45) is 7.05 Å². The summed E-state index contributed by atoms with van der Waals surface area (Å²) in [6, 6.07) is 10.5. The van der Waals surface area contributed by atoms with E-state index in [1.54, 1.807) is 7.11 Å². The van der Waals surface area contributed by atoms with Crippen LogP contribution in [0.25, 0.3) is 21.9 Å². The van der Waals surface area contributed by atoms with Crippen molar-refractivity contribution in [2.75, 3.05) is 20.3 Å². The lowest BCUT2D eigenvalue weighted by Crippen LogP contribution is -2.27. The van der Waals surface area contributed by atoms with Crippen LogP contribution in [0, 0.1) is 0 Å². The molecule has 0 aliphatic rings. The summed E-state index contributed by atoms with van der Waals surface area (Å²) in [6.45, 7) is 5.50. The number of rotatable bonds is 6. The molecule has 0 aliphatic heterocycles. The van der Waals surface area contributed by atoms with Crippen molar-refractivity contribution >= 4 is 27.8 Å². The molecule has 0 saturated heterocycles. The first-order valence-corrected chi connectivity index (χ1v) is 8.41. The molecule has 3 aromatic rings. The van der Waals surface area contributed by atoms with Crippen LogP contribution in [0.5, 0.6) is 0 Å². The van der Waals surface area contributed by atoms with Gasteiger partial charge in [-0.25, -0.2) is 0 Å². The molecular weight excluding hydrogens is 302 g/mol. The van der Waals surface area contributed by atoms with Crippen LogP contribution in [-0.2, 0) is 11.8 Å². The van der Waals surface area contributed by atoms with Gasteiger partial charge in [-0.15, -0.1) is 0 Å². The Labute approximate surface area is 142 Å². The Kier molecular flexibility index (Phi) is 4.62. The molecule has 0 fully saturated rings. The Hall–Kier alpha value is -2.27. The monoisotopic (exact) mass is 327 g/mol. The predicted octanol–water partition coefficient (Wildman–Crippen LogP) is 3.48. The summed E-state index contributed by atoms with van der Waals surface area (Å²) in [6.07, 6.45) is 0.813. The second kappa shape index (κ2) is 6.69. The zero-order valence-electron chi connectivity index (χ0n) is 14.8. The molecule has 0 bridgehead atoms. The van der Waals surface area contributed by atoms with E-state index in [1.165, 1.54) is 10.9 Å². The van der Waals surface area contributed by atoms with Crippen LogP contribution in [-0.4, -0.2) is 35.3 Å². The van der Waals surface area contributed by atoms with E-state index in [-0.39, 0.29) is 11.9 Å². The number of nitrogens with one attached hydrogen (secondary N) is 1. The molecule has 1 aromatic carbocycles. The molecule has 0 spiro atoms. The van der Waals surface area contributed by atoms with E-state index < -0.39 is 0 Å². The molecule has 24 heavy (non-hydrogen) atoms. The van der Waals surface area contributed by atoms with Gasteiger partial charge >= 0.3 is 0 Å². The zero-order chi connectivity index (χ0) is 17.3. The Morgan fingerprint density at radius 3 is 2.71 bits per heavy atom. The van der Waals surface area contributed by atoms with Crippen molar-refractivity contribution in [3.63, 3.8) is 0 Å². The first-order valence-electron chi connectivity index (χ1n) is 8.41. The number of carbonyl (C=O) groups is 1. The van der Waals surface area contributed by atoms with Gasteiger partial charge in [0.2, 0.25) is 0 Å².